The summed E-state index contributed by atoms with van der Waals surface area (Å²) in [5, 5.41) is 3.02. The molecule has 1 aliphatic heterocycles. The van der Waals surface area contributed by atoms with Crippen molar-refractivity contribution >= 4 is 34.6 Å². The Bertz CT molecular complexity index is 888. The number of nitrogens with one attached hydrogen (secondary N) is 1. The fraction of sp³-hybridized carbons (Fsp3) is 0.111. The Morgan fingerprint density at radius 1 is 1.12 bits per heavy atom. The van der Waals surface area contributed by atoms with Gasteiger partial charge in [0.1, 0.15) is 0 Å². The summed E-state index contributed by atoms with van der Waals surface area (Å²) in [5.74, 6) is -0.381. The van der Waals surface area contributed by atoms with Gasteiger partial charge >= 0.3 is 6.18 Å². The van der Waals surface area contributed by atoms with Gasteiger partial charge in [-0.1, -0.05) is 24.3 Å². The maximum atomic E-state index is 12.8. The minimum Gasteiger partial charge on any atom is -0.300 e. The first-order valence-electron chi connectivity index (χ1n) is 7.35. The Morgan fingerprint density at radius 2 is 1.88 bits per heavy atom. The van der Waals surface area contributed by atoms with Gasteiger partial charge in [0, 0.05) is 0 Å². The van der Waals surface area contributed by atoms with E-state index in [1.165, 1.54) is 18.2 Å². The molecule has 3 nitrogen and oxygen atoms in total. The summed E-state index contributed by atoms with van der Waals surface area (Å²) in [6.07, 6.45) is -2.99. The highest BCUT2D eigenvalue weighted by Gasteiger charge is 2.30. The van der Waals surface area contributed by atoms with Gasteiger partial charge in [0.2, 0.25) is 0 Å². The summed E-state index contributed by atoms with van der Waals surface area (Å²) in [5.41, 5.74) is 1.29. The molecule has 1 saturated heterocycles. The Kier molecular flexibility index (Phi) is 4.67. The first-order chi connectivity index (χ1) is 11.8. The van der Waals surface area contributed by atoms with Crippen LogP contribution < -0.4 is 5.32 Å². The molecular weight excluding hydrogens is 349 g/mol. The van der Waals surface area contributed by atoms with Crippen LogP contribution in [0.25, 0.3) is 6.08 Å². The predicted octanol–water partition coefficient (Wildman–Crippen LogP) is 4.91. The van der Waals surface area contributed by atoms with Crippen LogP contribution in [0.15, 0.2) is 58.4 Å². The molecule has 0 atom stereocenters. The van der Waals surface area contributed by atoms with E-state index < -0.39 is 11.7 Å². The first kappa shape index (κ1) is 17.3. The molecule has 1 aliphatic rings. The molecule has 1 N–H and O–H groups in total. The molecule has 0 radical (unpaired) electrons. The number of hydrogen-bond acceptors (Lipinski definition) is 3. The van der Waals surface area contributed by atoms with Crippen molar-refractivity contribution in [1.29, 1.82) is 0 Å². The van der Waals surface area contributed by atoms with E-state index in [2.05, 4.69) is 10.3 Å². The zero-order valence-electron chi connectivity index (χ0n) is 13.1. The molecule has 3 rings (SSSR count). The van der Waals surface area contributed by atoms with E-state index in [9.17, 15) is 18.0 Å². The number of rotatable bonds is 2. The fourth-order valence-corrected chi connectivity index (χ4v) is 3.09. The molecule has 0 spiro atoms. The quantitative estimate of drug-likeness (QED) is 0.772. The molecule has 128 valence electrons. The fourth-order valence-electron chi connectivity index (χ4n) is 2.25. The van der Waals surface area contributed by atoms with Gasteiger partial charge in [-0.3, -0.25) is 4.79 Å². The number of aliphatic imine (C=N–C) groups is 1. The van der Waals surface area contributed by atoms with Crippen molar-refractivity contribution in [3.8, 4) is 0 Å². The van der Waals surface area contributed by atoms with Gasteiger partial charge in [-0.25, -0.2) is 4.99 Å². The Hall–Kier alpha value is -2.54. The maximum Gasteiger partial charge on any atom is 0.416 e. The zero-order chi connectivity index (χ0) is 18.0. The Morgan fingerprint density at radius 3 is 2.60 bits per heavy atom. The van der Waals surface area contributed by atoms with Crippen LogP contribution in [0.1, 0.15) is 16.7 Å². The third kappa shape index (κ3) is 4.30. The molecule has 1 heterocycles. The second-order valence-electron chi connectivity index (χ2n) is 5.44. The lowest BCUT2D eigenvalue weighted by Crippen LogP contribution is -2.19. The molecule has 2 aromatic carbocycles. The van der Waals surface area contributed by atoms with Gasteiger partial charge in [-0.15, -0.1) is 0 Å². The van der Waals surface area contributed by atoms with Crippen LogP contribution >= 0.6 is 11.8 Å². The molecule has 2 aromatic rings. The normalized spacial score (nSPS) is 18.0. The second kappa shape index (κ2) is 6.76. The smallest absolute Gasteiger partial charge is 0.300 e. The number of alkyl halides is 3. The minimum atomic E-state index is -4.42. The third-order valence-corrected chi connectivity index (χ3v) is 4.30. The van der Waals surface area contributed by atoms with Crippen molar-refractivity contribution in [1.82, 2.24) is 5.32 Å². The third-order valence-electron chi connectivity index (χ3n) is 3.39. The molecule has 0 bridgehead atoms. The molecule has 0 saturated carbocycles. The molecule has 1 amide bonds. The topological polar surface area (TPSA) is 41.5 Å². The lowest BCUT2D eigenvalue weighted by Gasteiger charge is -2.06. The molecule has 0 aliphatic carbocycles. The summed E-state index contributed by atoms with van der Waals surface area (Å²) in [6, 6.07) is 12.3. The molecule has 25 heavy (non-hydrogen) atoms. The number of carbonyl (C=O) groups excluding carboxylic acids is 1. The van der Waals surface area contributed by atoms with E-state index in [-0.39, 0.29) is 5.91 Å². The number of hydrogen-bond donors (Lipinski definition) is 1. The summed E-state index contributed by atoms with van der Waals surface area (Å²) in [6.45, 7) is 1.93. The van der Waals surface area contributed by atoms with Crippen molar-refractivity contribution in [2.45, 2.75) is 13.1 Å². The van der Waals surface area contributed by atoms with E-state index in [1.807, 2.05) is 25.1 Å². The van der Waals surface area contributed by atoms with Crippen LogP contribution in [0.3, 0.4) is 0 Å². The van der Waals surface area contributed by atoms with Gasteiger partial charge in [0.25, 0.3) is 5.91 Å². The van der Waals surface area contributed by atoms with Crippen molar-refractivity contribution in [2.75, 3.05) is 0 Å². The monoisotopic (exact) mass is 362 g/mol. The van der Waals surface area contributed by atoms with Crippen LogP contribution in [0.2, 0.25) is 0 Å². The SMILES string of the molecule is Cc1cccc(N=C2NC(=O)C(=Cc3cccc(C(F)(F)F)c3)S2)c1. The highest BCUT2D eigenvalue weighted by molar-refractivity contribution is 8.18. The van der Waals surface area contributed by atoms with Crippen molar-refractivity contribution in [3.05, 3.63) is 70.1 Å². The largest absolute Gasteiger partial charge is 0.416 e. The highest BCUT2D eigenvalue weighted by atomic mass is 32.2. The number of carbonyl (C=O) groups is 1. The Balaban J connectivity index is 1.85. The van der Waals surface area contributed by atoms with E-state index in [0.29, 0.717) is 21.3 Å². The van der Waals surface area contributed by atoms with Crippen LogP contribution in [0.4, 0.5) is 18.9 Å². The standard InChI is InChI=1S/C18H13F3N2OS/c1-11-4-2-7-14(8-11)22-17-23-16(24)15(25-17)10-12-5-3-6-13(9-12)18(19,20)21/h2-10H,1H3,(H,22,23,24). The average molecular weight is 362 g/mol. The maximum absolute atomic E-state index is 12.8. The number of amides is 1. The molecule has 7 heteroatoms. The summed E-state index contributed by atoms with van der Waals surface area (Å²) in [7, 11) is 0. The average Bonchev–Trinajstić information content (AvgIpc) is 2.86. The molecule has 1 fully saturated rings. The van der Waals surface area contributed by atoms with E-state index in [0.717, 1.165) is 29.5 Å². The summed E-state index contributed by atoms with van der Waals surface area (Å²) in [4.78, 5) is 16.7. The van der Waals surface area contributed by atoms with Crippen molar-refractivity contribution in [3.63, 3.8) is 0 Å². The Labute approximate surface area is 146 Å². The molecule has 0 aromatic heterocycles. The molecular formula is C18H13F3N2OS. The summed E-state index contributed by atoms with van der Waals surface area (Å²) < 4.78 is 38.3. The number of thioether (sulfide) groups is 1. The van der Waals surface area contributed by atoms with Crippen LogP contribution in [0.5, 0.6) is 0 Å². The van der Waals surface area contributed by atoms with Gasteiger partial charge < -0.3 is 5.32 Å². The minimum absolute atomic E-state index is 0.297. The number of halogens is 3. The summed E-state index contributed by atoms with van der Waals surface area (Å²) >= 11 is 1.10. The predicted molar refractivity (Wildman–Crippen MR) is 93.4 cm³/mol. The van der Waals surface area contributed by atoms with E-state index in [4.69, 9.17) is 0 Å². The van der Waals surface area contributed by atoms with Crippen molar-refractivity contribution < 1.29 is 18.0 Å². The number of aryl methyl sites for hydroxylation is 1. The van der Waals surface area contributed by atoms with Crippen LogP contribution in [0, 0.1) is 6.92 Å². The highest BCUT2D eigenvalue weighted by Crippen LogP contribution is 2.32. The number of amidine groups is 1. The zero-order valence-corrected chi connectivity index (χ0v) is 13.9. The number of nitrogens with zero attached hydrogens (tertiary/aromatic N) is 1. The first-order valence-corrected chi connectivity index (χ1v) is 8.16. The van der Waals surface area contributed by atoms with Gasteiger partial charge in [0.05, 0.1) is 16.2 Å². The van der Waals surface area contributed by atoms with Gasteiger partial charge in [-0.2, -0.15) is 13.2 Å². The van der Waals surface area contributed by atoms with Gasteiger partial charge in [-0.05, 0) is 60.2 Å². The second-order valence-corrected chi connectivity index (χ2v) is 6.47. The van der Waals surface area contributed by atoms with Crippen LogP contribution in [-0.4, -0.2) is 11.1 Å². The lowest BCUT2D eigenvalue weighted by atomic mass is 10.1. The van der Waals surface area contributed by atoms with Gasteiger partial charge in [0.15, 0.2) is 5.17 Å². The number of benzene rings is 2. The van der Waals surface area contributed by atoms with E-state index >= 15 is 0 Å². The lowest BCUT2D eigenvalue weighted by molar-refractivity contribution is -0.137. The van der Waals surface area contributed by atoms with E-state index in [1.54, 1.807) is 6.07 Å². The molecule has 0 unspecified atom stereocenters. The van der Waals surface area contributed by atoms with Crippen LogP contribution in [-0.2, 0) is 11.0 Å². The van der Waals surface area contributed by atoms with Crippen molar-refractivity contribution in [2.24, 2.45) is 4.99 Å².